The lowest BCUT2D eigenvalue weighted by Gasteiger charge is -2.23. The number of benzene rings is 2. The Morgan fingerprint density at radius 1 is 0.903 bits per heavy atom. The van der Waals surface area contributed by atoms with Crippen molar-refractivity contribution in [3.05, 3.63) is 59.7 Å². The number of anilines is 1. The van der Waals surface area contributed by atoms with E-state index in [-0.39, 0.29) is 17.3 Å². The zero-order valence-corrected chi connectivity index (χ0v) is 19.2. The Hall–Kier alpha value is -2.82. The van der Waals surface area contributed by atoms with Gasteiger partial charge in [0.05, 0.1) is 18.8 Å². The number of nitrogens with one attached hydrogen (secondary N) is 1. The number of hydrogen-bond acceptors (Lipinski definition) is 4. The fraction of sp³-hybridized carbons (Fsp3) is 0.462. The summed E-state index contributed by atoms with van der Waals surface area (Å²) in [5.41, 5.74) is 2.59. The molecule has 5 heteroatoms. The molecule has 0 aromatic heterocycles. The quantitative estimate of drug-likeness (QED) is 0.328. The average molecular weight is 426 g/mol. The van der Waals surface area contributed by atoms with Crippen LogP contribution in [0.4, 0.5) is 5.69 Å². The second kappa shape index (κ2) is 12.1. The number of ether oxygens (including phenoxy) is 2. The van der Waals surface area contributed by atoms with Crippen LogP contribution in [-0.2, 0) is 14.9 Å². The first kappa shape index (κ1) is 24.4. The Morgan fingerprint density at radius 2 is 1.58 bits per heavy atom. The van der Waals surface area contributed by atoms with Crippen molar-refractivity contribution in [2.45, 2.75) is 65.2 Å². The van der Waals surface area contributed by atoms with E-state index in [9.17, 15) is 9.59 Å². The van der Waals surface area contributed by atoms with Crippen LogP contribution >= 0.6 is 0 Å². The van der Waals surface area contributed by atoms with E-state index in [2.05, 4.69) is 38.2 Å². The van der Waals surface area contributed by atoms with Gasteiger partial charge in [0.15, 0.2) is 0 Å². The van der Waals surface area contributed by atoms with E-state index in [0.29, 0.717) is 37.3 Å². The molecule has 0 heterocycles. The topological polar surface area (TPSA) is 64.6 Å². The summed E-state index contributed by atoms with van der Waals surface area (Å²) in [6, 6.07) is 14.9. The van der Waals surface area contributed by atoms with E-state index in [1.54, 1.807) is 24.3 Å². The van der Waals surface area contributed by atoms with Crippen molar-refractivity contribution in [2.75, 3.05) is 18.5 Å². The Bertz CT molecular complexity index is 825. The molecule has 1 N–H and O–H groups in total. The molecule has 0 fully saturated rings. The van der Waals surface area contributed by atoms with Crippen molar-refractivity contribution in [3.63, 3.8) is 0 Å². The predicted octanol–water partition coefficient (Wildman–Crippen LogP) is 6.13. The number of carbonyl (C=O) groups excluding carboxylic acids is 2. The normalized spacial score (nSPS) is 11.1. The molecule has 0 aliphatic carbocycles. The number of amides is 1. The molecule has 2 aromatic carbocycles. The first-order chi connectivity index (χ1) is 14.9. The first-order valence-electron chi connectivity index (χ1n) is 11.2. The van der Waals surface area contributed by atoms with Crippen LogP contribution in [0.3, 0.4) is 0 Å². The molecule has 2 aromatic rings. The van der Waals surface area contributed by atoms with Gasteiger partial charge < -0.3 is 14.8 Å². The van der Waals surface area contributed by atoms with Crippen LogP contribution in [0.15, 0.2) is 48.5 Å². The van der Waals surface area contributed by atoms with Gasteiger partial charge >= 0.3 is 5.97 Å². The molecular formula is C26H35NO4. The minimum absolute atomic E-state index is 0.0816. The van der Waals surface area contributed by atoms with E-state index in [1.165, 1.54) is 5.56 Å². The summed E-state index contributed by atoms with van der Waals surface area (Å²) < 4.78 is 10.9. The Kier molecular flexibility index (Phi) is 9.57. The highest BCUT2D eigenvalue weighted by Gasteiger charge is 2.17. The van der Waals surface area contributed by atoms with Crippen LogP contribution in [-0.4, -0.2) is 25.1 Å². The SMILES string of the molecule is CCCCOC(=O)c1ccc(NC(=O)CCCOc2ccc(C(C)(C)CC)cc2)cc1. The third-order valence-corrected chi connectivity index (χ3v) is 5.47. The number of carbonyl (C=O) groups is 2. The fourth-order valence-corrected chi connectivity index (χ4v) is 2.93. The molecule has 0 unspecified atom stereocenters. The first-order valence-corrected chi connectivity index (χ1v) is 11.2. The van der Waals surface area contributed by atoms with Gasteiger partial charge in [-0.05, 0) is 66.6 Å². The van der Waals surface area contributed by atoms with Gasteiger partial charge in [-0.3, -0.25) is 4.79 Å². The Balaban J connectivity index is 1.70. The van der Waals surface area contributed by atoms with Crippen LogP contribution in [0.2, 0.25) is 0 Å². The summed E-state index contributed by atoms with van der Waals surface area (Å²) in [6.07, 6.45) is 3.89. The maximum absolute atomic E-state index is 12.1. The van der Waals surface area contributed by atoms with E-state index >= 15 is 0 Å². The number of hydrogen-bond donors (Lipinski definition) is 1. The summed E-state index contributed by atoms with van der Waals surface area (Å²) in [5, 5.41) is 2.84. The van der Waals surface area contributed by atoms with Crippen LogP contribution < -0.4 is 10.1 Å². The van der Waals surface area contributed by atoms with Gasteiger partial charge in [0, 0.05) is 12.1 Å². The summed E-state index contributed by atoms with van der Waals surface area (Å²) in [6.45, 7) is 9.60. The average Bonchev–Trinajstić information content (AvgIpc) is 2.77. The molecule has 31 heavy (non-hydrogen) atoms. The fourth-order valence-electron chi connectivity index (χ4n) is 2.93. The van der Waals surface area contributed by atoms with Gasteiger partial charge in [-0.1, -0.05) is 46.2 Å². The lowest BCUT2D eigenvalue weighted by molar-refractivity contribution is -0.116. The molecule has 2 rings (SSSR count). The summed E-state index contributed by atoms with van der Waals surface area (Å²) in [4.78, 5) is 24.1. The highest BCUT2D eigenvalue weighted by Crippen LogP contribution is 2.28. The van der Waals surface area contributed by atoms with Crippen LogP contribution in [0.5, 0.6) is 5.75 Å². The van der Waals surface area contributed by atoms with Crippen LogP contribution in [0.1, 0.15) is 75.7 Å². The van der Waals surface area contributed by atoms with Crippen molar-refractivity contribution in [1.29, 1.82) is 0 Å². The highest BCUT2D eigenvalue weighted by molar-refractivity contribution is 5.93. The van der Waals surface area contributed by atoms with Gasteiger partial charge in [0.1, 0.15) is 5.75 Å². The number of esters is 1. The molecule has 0 aliphatic heterocycles. The summed E-state index contributed by atoms with van der Waals surface area (Å²) in [5.74, 6) is 0.397. The number of rotatable bonds is 12. The number of unbranched alkanes of at least 4 members (excludes halogenated alkanes) is 1. The molecular weight excluding hydrogens is 390 g/mol. The van der Waals surface area contributed by atoms with Crippen LogP contribution in [0.25, 0.3) is 0 Å². The van der Waals surface area contributed by atoms with Gasteiger partial charge in [-0.2, -0.15) is 0 Å². The Labute approximate surface area is 186 Å². The third-order valence-electron chi connectivity index (χ3n) is 5.47. The van der Waals surface area contributed by atoms with Crippen molar-refractivity contribution >= 4 is 17.6 Å². The predicted molar refractivity (Wildman–Crippen MR) is 125 cm³/mol. The maximum Gasteiger partial charge on any atom is 0.338 e. The minimum atomic E-state index is -0.338. The van der Waals surface area contributed by atoms with E-state index in [1.807, 2.05) is 19.1 Å². The van der Waals surface area contributed by atoms with Gasteiger partial charge in [-0.25, -0.2) is 4.79 Å². The second-order valence-corrected chi connectivity index (χ2v) is 8.33. The summed E-state index contributed by atoms with van der Waals surface area (Å²) in [7, 11) is 0. The van der Waals surface area contributed by atoms with Gasteiger partial charge in [0.25, 0.3) is 0 Å². The standard InChI is InChI=1S/C26H35NO4/c1-5-7-18-31-25(29)20-10-14-22(15-11-20)27-24(28)9-8-19-30-23-16-12-21(13-17-23)26(3,4)6-2/h10-17H,5-9,18-19H2,1-4H3,(H,27,28). The monoisotopic (exact) mass is 425 g/mol. The molecule has 0 atom stereocenters. The summed E-state index contributed by atoms with van der Waals surface area (Å²) >= 11 is 0. The molecule has 0 aliphatic rings. The minimum Gasteiger partial charge on any atom is -0.494 e. The lowest BCUT2D eigenvalue weighted by atomic mass is 9.82. The molecule has 0 radical (unpaired) electrons. The molecule has 0 bridgehead atoms. The van der Waals surface area contributed by atoms with E-state index < -0.39 is 0 Å². The second-order valence-electron chi connectivity index (χ2n) is 8.33. The van der Waals surface area contributed by atoms with Crippen molar-refractivity contribution < 1.29 is 19.1 Å². The maximum atomic E-state index is 12.1. The smallest absolute Gasteiger partial charge is 0.338 e. The highest BCUT2D eigenvalue weighted by atomic mass is 16.5. The van der Waals surface area contributed by atoms with Crippen molar-refractivity contribution in [1.82, 2.24) is 0 Å². The zero-order valence-electron chi connectivity index (χ0n) is 19.2. The molecule has 0 saturated heterocycles. The lowest BCUT2D eigenvalue weighted by Crippen LogP contribution is -2.15. The largest absolute Gasteiger partial charge is 0.494 e. The molecule has 0 saturated carbocycles. The van der Waals surface area contributed by atoms with Crippen LogP contribution in [0, 0.1) is 0 Å². The third kappa shape index (κ3) is 8.08. The molecule has 168 valence electrons. The molecule has 0 spiro atoms. The van der Waals surface area contributed by atoms with Crippen molar-refractivity contribution in [3.8, 4) is 5.75 Å². The van der Waals surface area contributed by atoms with Crippen molar-refractivity contribution in [2.24, 2.45) is 0 Å². The van der Waals surface area contributed by atoms with Gasteiger partial charge in [0.2, 0.25) is 5.91 Å². The van der Waals surface area contributed by atoms with E-state index in [0.717, 1.165) is 25.0 Å². The van der Waals surface area contributed by atoms with E-state index in [4.69, 9.17) is 9.47 Å². The van der Waals surface area contributed by atoms with Gasteiger partial charge in [-0.15, -0.1) is 0 Å². The Morgan fingerprint density at radius 3 is 2.19 bits per heavy atom. The molecule has 1 amide bonds. The zero-order chi connectivity index (χ0) is 22.7. The molecule has 5 nitrogen and oxygen atoms in total.